The first-order chi connectivity index (χ1) is 14.8. The quantitative estimate of drug-likeness (QED) is 0.297. The van der Waals surface area contributed by atoms with Crippen LogP contribution in [0.5, 0.6) is 23.0 Å². The summed E-state index contributed by atoms with van der Waals surface area (Å²) < 4.78 is 87.9. The van der Waals surface area contributed by atoms with Crippen molar-refractivity contribution < 1.29 is 35.8 Å². The molecule has 0 aliphatic carbocycles. The first-order valence-corrected chi connectivity index (χ1v) is 8.74. The van der Waals surface area contributed by atoms with Crippen LogP contribution in [0, 0.1) is 0 Å². The van der Waals surface area contributed by atoms with Crippen LogP contribution in [0.25, 0.3) is 0 Å². The van der Waals surface area contributed by atoms with Gasteiger partial charge in [0.2, 0.25) is 0 Å². The summed E-state index contributed by atoms with van der Waals surface area (Å²) in [5.74, 6) is -0.0152. The number of benzene rings is 3. The molecule has 3 aromatic carbocycles. The van der Waals surface area contributed by atoms with Gasteiger partial charge in [-0.1, -0.05) is 0 Å². The summed E-state index contributed by atoms with van der Waals surface area (Å²) in [5, 5.41) is 0. The summed E-state index contributed by atoms with van der Waals surface area (Å²) in [4.78, 5) is 0. The van der Waals surface area contributed by atoms with Crippen LogP contribution in [0.3, 0.4) is 0 Å². The predicted octanol–water partition coefficient (Wildman–Crippen LogP) is 5.64. The highest BCUT2D eigenvalue weighted by Gasteiger charge is 2.33. The average molecular weight is 458 g/mol. The number of nitrogens with two attached hydrogens (primary N) is 4. The molecule has 0 amide bonds. The number of halogens is 6. The van der Waals surface area contributed by atoms with Gasteiger partial charge >= 0.3 is 12.4 Å². The lowest BCUT2D eigenvalue weighted by Gasteiger charge is -2.16. The molecule has 3 rings (SSSR count). The topological polar surface area (TPSA) is 123 Å². The Labute approximate surface area is 177 Å². The summed E-state index contributed by atoms with van der Waals surface area (Å²) in [7, 11) is 0. The molecule has 0 fully saturated rings. The Morgan fingerprint density at radius 3 is 0.969 bits per heavy atom. The van der Waals surface area contributed by atoms with Gasteiger partial charge in [-0.3, -0.25) is 0 Å². The van der Waals surface area contributed by atoms with E-state index in [0.717, 1.165) is 0 Å². The van der Waals surface area contributed by atoms with Gasteiger partial charge in [-0.15, -0.1) is 0 Å². The molecule has 0 aliphatic heterocycles. The van der Waals surface area contributed by atoms with E-state index in [1.807, 2.05) is 0 Å². The van der Waals surface area contributed by atoms with Crippen LogP contribution in [0.4, 0.5) is 49.1 Å². The Hall–Kier alpha value is -3.96. The Morgan fingerprint density at radius 1 is 0.500 bits per heavy atom. The minimum atomic E-state index is -4.62. The fourth-order valence-electron chi connectivity index (χ4n) is 2.72. The molecule has 0 saturated carbocycles. The lowest BCUT2D eigenvalue weighted by Crippen LogP contribution is -2.08. The molecule has 0 atom stereocenters. The maximum Gasteiger partial charge on any atom is 0.416 e. The second-order valence-electron chi connectivity index (χ2n) is 6.64. The molecule has 0 spiro atoms. The van der Waals surface area contributed by atoms with Crippen LogP contribution in [0.2, 0.25) is 0 Å². The van der Waals surface area contributed by atoms with Crippen LogP contribution in [-0.2, 0) is 12.4 Å². The van der Waals surface area contributed by atoms with Gasteiger partial charge in [0.05, 0.1) is 33.9 Å². The van der Waals surface area contributed by atoms with Crippen LogP contribution in [0.1, 0.15) is 11.1 Å². The number of rotatable bonds is 4. The second-order valence-corrected chi connectivity index (χ2v) is 6.64. The van der Waals surface area contributed by atoms with Gasteiger partial charge in [0.25, 0.3) is 0 Å². The highest BCUT2D eigenvalue weighted by atomic mass is 19.4. The molecule has 0 heterocycles. The lowest BCUT2D eigenvalue weighted by molar-refractivity contribution is -0.138. The van der Waals surface area contributed by atoms with Crippen LogP contribution < -0.4 is 32.4 Å². The summed E-state index contributed by atoms with van der Waals surface area (Å²) in [5.41, 5.74) is 19.2. The van der Waals surface area contributed by atoms with E-state index in [9.17, 15) is 26.3 Å². The third-order valence-electron chi connectivity index (χ3n) is 4.21. The van der Waals surface area contributed by atoms with Crippen molar-refractivity contribution in [3.63, 3.8) is 0 Å². The molecule has 0 aromatic heterocycles. The molecular weight excluding hydrogens is 442 g/mol. The van der Waals surface area contributed by atoms with Gasteiger partial charge in [0.1, 0.15) is 11.5 Å². The summed E-state index contributed by atoms with van der Waals surface area (Å²) in [6.07, 6.45) is -9.25. The number of alkyl halides is 6. The lowest BCUT2D eigenvalue weighted by atomic mass is 10.1. The van der Waals surface area contributed by atoms with Crippen molar-refractivity contribution in [1.82, 2.24) is 0 Å². The second kappa shape index (κ2) is 7.94. The number of ether oxygens (including phenoxy) is 2. The van der Waals surface area contributed by atoms with Crippen molar-refractivity contribution in [2.24, 2.45) is 0 Å². The zero-order valence-electron chi connectivity index (χ0n) is 16.0. The van der Waals surface area contributed by atoms with Gasteiger partial charge in [-0.25, -0.2) is 0 Å². The van der Waals surface area contributed by atoms with Gasteiger partial charge in [-0.2, -0.15) is 26.3 Å². The molecule has 3 aromatic rings. The van der Waals surface area contributed by atoms with E-state index < -0.39 is 23.5 Å². The van der Waals surface area contributed by atoms with Crippen LogP contribution >= 0.6 is 0 Å². The van der Waals surface area contributed by atoms with Crippen molar-refractivity contribution in [3.8, 4) is 23.0 Å². The molecule has 0 unspecified atom stereocenters. The summed E-state index contributed by atoms with van der Waals surface area (Å²) in [6.45, 7) is 0. The Kier molecular flexibility index (Phi) is 5.64. The maximum atomic E-state index is 12.8. The van der Waals surface area contributed by atoms with E-state index >= 15 is 0 Å². The van der Waals surface area contributed by atoms with Gasteiger partial charge in [-0.05, 0) is 48.5 Å². The normalized spacial score (nSPS) is 11.9. The van der Waals surface area contributed by atoms with Crippen molar-refractivity contribution >= 4 is 22.7 Å². The molecule has 0 saturated heterocycles. The molecule has 6 nitrogen and oxygen atoms in total. The SMILES string of the molecule is Nc1cc(C(F)(F)F)cc(N)c1Oc1ccc(Oc2c(N)cc(C(F)(F)F)cc2N)cc1. The summed E-state index contributed by atoms with van der Waals surface area (Å²) >= 11 is 0. The number of anilines is 4. The van der Waals surface area contributed by atoms with Crippen molar-refractivity contribution in [3.05, 3.63) is 59.7 Å². The molecule has 0 radical (unpaired) electrons. The number of nitrogen functional groups attached to an aromatic ring is 4. The van der Waals surface area contributed by atoms with Crippen molar-refractivity contribution in [2.75, 3.05) is 22.9 Å². The minimum absolute atomic E-state index is 0.156. The first-order valence-electron chi connectivity index (χ1n) is 8.74. The van der Waals surface area contributed by atoms with Crippen molar-refractivity contribution in [1.29, 1.82) is 0 Å². The molecule has 0 bridgehead atoms. The Balaban J connectivity index is 1.80. The molecule has 32 heavy (non-hydrogen) atoms. The standard InChI is InChI=1S/C20H16F6N4O2/c21-19(22,23)9-5-13(27)17(14(28)6-9)31-11-1-2-12(4-3-11)32-18-15(29)7-10(8-16(18)30)20(24,25)26/h1-8H,27-30H2. The zero-order chi connectivity index (χ0) is 23.8. The highest BCUT2D eigenvalue weighted by molar-refractivity contribution is 5.71. The van der Waals surface area contributed by atoms with Crippen molar-refractivity contribution in [2.45, 2.75) is 12.4 Å². The molecule has 8 N–H and O–H groups in total. The Bertz CT molecular complexity index is 1010. The van der Waals surface area contributed by atoms with Gasteiger partial charge in [0, 0.05) is 0 Å². The molecule has 0 aliphatic rings. The first kappa shape index (κ1) is 22.7. The third kappa shape index (κ3) is 4.85. The third-order valence-corrected chi connectivity index (χ3v) is 4.21. The number of hydrogen-bond acceptors (Lipinski definition) is 6. The van der Waals surface area contributed by atoms with E-state index in [-0.39, 0.29) is 45.7 Å². The van der Waals surface area contributed by atoms with E-state index in [1.165, 1.54) is 24.3 Å². The highest BCUT2D eigenvalue weighted by Crippen LogP contribution is 2.42. The zero-order valence-corrected chi connectivity index (χ0v) is 16.0. The monoisotopic (exact) mass is 458 g/mol. The van der Waals surface area contributed by atoms with Crippen LogP contribution in [-0.4, -0.2) is 0 Å². The summed E-state index contributed by atoms with van der Waals surface area (Å²) in [6, 6.07) is 8.28. The smallest absolute Gasteiger partial charge is 0.416 e. The largest absolute Gasteiger partial charge is 0.453 e. The predicted molar refractivity (Wildman–Crippen MR) is 107 cm³/mol. The van der Waals surface area contributed by atoms with E-state index in [1.54, 1.807) is 0 Å². The molecule has 12 heteroatoms. The maximum absolute atomic E-state index is 12.8. The fourth-order valence-corrected chi connectivity index (χ4v) is 2.72. The molecular formula is C20H16F6N4O2. The molecule has 170 valence electrons. The minimum Gasteiger partial charge on any atom is -0.453 e. The van der Waals surface area contributed by atoms with Crippen LogP contribution in [0.15, 0.2) is 48.5 Å². The Morgan fingerprint density at radius 2 is 0.750 bits per heavy atom. The van der Waals surface area contributed by atoms with E-state index in [0.29, 0.717) is 24.3 Å². The number of hydrogen-bond donors (Lipinski definition) is 4. The average Bonchev–Trinajstić information content (AvgIpc) is 2.67. The van der Waals surface area contributed by atoms with Gasteiger partial charge in [0.15, 0.2) is 11.5 Å². The van der Waals surface area contributed by atoms with Gasteiger partial charge < -0.3 is 32.4 Å². The van der Waals surface area contributed by atoms with E-state index in [2.05, 4.69) is 0 Å². The fraction of sp³-hybridized carbons (Fsp3) is 0.100. The van der Waals surface area contributed by atoms with E-state index in [4.69, 9.17) is 32.4 Å².